The van der Waals surface area contributed by atoms with Crippen LogP contribution in [0.4, 0.5) is 0 Å². The third kappa shape index (κ3) is 3.41. The summed E-state index contributed by atoms with van der Waals surface area (Å²) in [7, 11) is 0. The van der Waals surface area contributed by atoms with Crippen LogP contribution in [-0.2, 0) is 14.3 Å². The van der Waals surface area contributed by atoms with Crippen molar-refractivity contribution in [3.63, 3.8) is 0 Å². The third-order valence-electron chi connectivity index (χ3n) is 2.12. The van der Waals surface area contributed by atoms with Crippen LogP contribution in [0.25, 0.3) is 0 Å². The first-order valence-corrected chi connectivity index (χ1v) is 5.58. The van der Waals surface area contributed by atoms with Crippen LogP contribution < -0.4 is 0 Å². The quantitative estimate of drug-likeness (QED) is 0.451. The summed E-state index contributed by atoms with van der Waals surface area (Å²) in [5.74, 6) is -2.10. The summed E-state index contributed by atoms with van der Waals surface area (Å²) in [5.41, 5.74) is 0.513. The number of hydrogen-bond donors (Lipinski definition) is 0. The molecule has 0 saturated carbocycles. The summed E-state index contributed by atoms with van der Waals surface area (Å²) < 4.78 is 9.39. The molecule has 0 heterocycles. The molecular weight excluding hydrogens is 236 g/mol. The minimum Gasteiger partial charge on any atom is -0.462 e. The molecule has 0 aromatic heterocycles. The molecule has 0 atom stereocenters. The number of rotatable bonds is 5. The summed E-state index contributed by atoms with van der Waals surface area (Å²) in [6.45, 7) is 3.75. The van der Waals surface area contributed by atoms with E-state index in [1.165, 1.54) is 24.3 Å². The lowest BCUT2D eigenvalue weighted by atomic mass is 10.1. The second-order valence-corrected chi connectivity index (χ2v) is 3.35. The SMILES string of the molecule is CCOC(=O)C(=O)c1ccc(C(=O)OCC)cc1. The van der Waals surface area contributed by atoms with Gasteiger partial charge in [0.1, 0.15) is 0 Å². The van der Waals surface area contributed by atoms with Gasteiger partial charge in [-0.05, 0) is 38.1 Å². The highest BCUT2D eigenvalue weighted by Crippen LogP contribution is 2.07. The first-order valence-electron chi connectivity index (χ1n) is 5.58. The van der Waals surface area contributed by atoms with Crippen molar-refractivity contribution in [2.45, 2.75) is 13.8 Å². The molecule has 1 aromatic carbocycles. The minimum atomic E-state index is -0.901. The topological polar surface area (TPSA) is 69.7 Å². The van der Waals surface area contributed by atoms with E-state index in [0.29, 0.717) is 5.56 Å². The molecule has 1 aromatic rings. The van der Waals surface area contributed by atoms with Crippen molar-refractivity contribution in [3.05, 3.63) is 35.4 Å². The fourth-order valence-electron chi connectivity index (χ4n) is 1.29. The minimum absolute atomic E-state index is 0.144. The Hall–Kier alpha value is -2.17. The smallest absolute Gasteiger partial charge is 0.379 e. The summed E-state index contributed by atoms with van der Waals surface area (Å²) in [6, 6.07) is 5.66. The monoisotopic (exact) mass is 250 g/mol. The van der Waals surface area contributed by atoms with Gasteiger partial charge in [-0.2, -0.15) is 0 Å². The van der Waals surface area contributed by atoms with Crippen LogP contribution in [0.15, 0.2) is 24.3 Å². The van der Waals surface area contributed by atoms with E-state index in [2.05, 4.69) is 4.74 Å². The van der Waals surface area contributed by atoms with Crippen molar-refractivity contribution >= 4 is 17.7 Å². The van der Waals surface area contributed by atoms with Gasteiger partial charge in [0.2, 0.25) is 0 Å². The van der Waals surface area contributed by atoms with Gasteiger partial charge in [0.25, 0.3) is 5.78 Å². The molecule has 0 unspecified atom stereocenters. The van der Waals surface area contributed by atoms with Gasteiger partial charge in [-0.25, -0.2) is 9.59 Å². The Labute approximate surface area is 105 Å². The Morgan fingerprint density at radius 1 is 0.889 bits per heavy atom. The Balaban J connectivity index is 2.79. The van der Waals surface area contributed by atoms with E-state index < -0.39 is 17.7 Å². The molecule has 0 bridgehead atoms. The lowest BCUT2D eigenvalue weighted by molar-refractivity contribution is -0.137. The van der Waals surface area contributed by atoms with Crippen molar-refractivity contribution in [1.29, 1.82) is 0 Å². The van der Waals surface area contributed by atoms with Gasteiger partial charge in [-0.3, -0.25) is 4.79 Å². The summed E-state index contributed by atoms with van der Waals surface area (Å²) in [4.78, 5) is 34.1. The highest BCUT2D eigenvalue weighted by molar-refractivity contribution is 6.40. The Bertz CT molecular complexity index is 447. The fourth-order valence-corrected chi connectivity index (χ4v) is 1.29. The van der Waals surface area contributed by atoms with Crippen LogP contribution in [0.1, 0.15) is 34.6 Å². The molecule has 0 aliphatic carbocycles. The standard InChI is InChI=1S/C13H14O5/c1-3-17-12(15)10-7-5-9(6-8-10)11(14)13(16)18-4-2/h5-8H,3-4H2,1-2H3. The molecule has 0 spiro atoms. The van der Waals surface area contributed by atoms with E-state index in [9.17, 15) is 14.4 Å². The molecule has 0 radical (unpaired) electrons. The first-order chi connectivity index (χ1) is 8.60. The first kappa shape index (κ1) is 13.9. The predicted octanol–water partition coefficient (Wildman–Crippen LogP) is 1.61. The molecule has 0 aliphatic rings. The second-order valence-electron chi connectivity index (χ2n) is 3.35. The van der Waals surface area contributed by atoms with Gasteiger partial charge in [0, 0.05) is 5.56 Å². The molecule has 5 nitrogen and oxygen atoms in total. The lowest BCUT2D eigenvalue weighted by Crippen LogP contribution is -2.17. The Kier molecular flexibility index (Phi) is 5.05. The maximum atomic E-state index is 11.6. The fraction of sp³-hybridized carbons (Fsp3) is 0.308. The van der Waals surface area contributed by atoms with Crippen molar-refractivity contribution < 1.29 is 23.9 Å². The lowest BCUT2D eigenvalue weighted by Gasteiger charge is -2.03. The average molecular weight is 250 g/mol. The van der Waals surface area contributed by atoms with Gasteiger partial charge in [-0.15, -0.1) is 0 Å². The predicted molar refractivity (Wildman–Crippen MR) is 63.4 cm³/mol. The van der Waals surface area contributed by atoms with Gasteiger partial charge >= 0.3 is 11.9 Å². The number of ketones is 1. The third-order valence-corrected chi connectivity index (χ3v) is 2.12. The molecule has 0 saturated heterocycles. The van der Waals surface area contributed by atoms with Crippen LogP contribution in [0.3, 0.4) is 0 Å². The number of esters is 2. The Morgan fingerprint density at radius 3 is 1.89 bits per heavy atom. The van der Waals surface area contributed by atoms with Gasteiger partial charge in [0.05, 0.1) is 18.8 Å². The van der Waals surface area contributed by atoms with Crippen LogP contribution in [0.5, 0.6) is 0 Å². The van der Waals surface area contributed by atoms with Crippen LogP contribution in [0, 0.1) is 0 Å². The Morgan fingerprint density at radius 2 is 1.39 bits per heavy atom. The summed E-state index contributed by atoms with van der Waals surface area (Å²) in [6.07, 6.45) is 0. The number of Topliss-reactive ketones (excluding diaryl/α,β-unsaturated/α-hetero) is 1. The maximum Gasteiger partial charge on any atom is 0.379 e. The van der Waals surface area contributed by atoms with Gasteiger partial charge in [-0.1, -0.05) is 0 Å². The molecule has 0 amide bonds. The highest BCUT2D eigenvalue weighted by atomic mass is 16.5. The van der Waals surface area contributed by atoms with E-state index in [0.717, 1.165) is 0 Å². The van der Waals surface area contributed by atoms with E-state index in [4.69, 9.17) is 4.74 Å². The van der Waals surface area contributed by atoms with Crippen molar-refractivity contribution in [3.8, 4) is 0 Å². The van der Waals surface area contributed by atoms with Crippen LogP contribution in [0.2, 0.25) is 0 Å². The zero-order valence-corrected chi connectivity index (χ0v) is 10.3. The van der Waals surface area contributed by atoms with Crippen molar-refractivity contribution in [2.24, 2.45) is 0 Å². The zero-order valence-electron chi connectivity index (χ0n) is 10.3. The average Bonchev–Trinajstić information content (AvgIpc) is 2.38. The van der Waals surface area contributed by atoms with E-state index in [-0.39, 0.29) is 18.8 Å². The van der Waals surface area contributed by atoms with Crippen molar-refractivity contribution in [2.75, 3.05) is 13.2 Å². The molecule has 18 heavy (non-hydrogen) atoms. The van der Waals surface area contributed by atoms with Crippen LogP contribution >= 0.6 is 0 Å². The normalized spacial score (nSPS) is 9.67. The van der Waals surface area contributed by atoms with Gasteiger partial charge in [0.15, 0.2) is 0 Å². The van der Waals surface area contributed by atoms with E-state index in [1.54, 1.807) is 13.8 Å². The number of carbonyl (C=O) groups excluding carboxylic acids is 3. The number of ether oxygens (including phenoxy) is 2. The molecule has 1 rings (SSSR count). The van der Waals surface area contributed by atoms with Crippen LogP contribution in [-0.4, -0.2) is 30.9 Å². The number of carbonyl (C=O) groups is 3. The molecule has 96 valence electrons. The molecule has 5 heteroatoms. The van der Waals surface area contributed by atoms with E-state index in [1.807, 2.05) is 0 Å². The highest BCUT2D eigenvalue weighted by Gasteiger charge is 2.17. The number of benzene rings is 1. The number of hydrogen-bond acceptors (Lipinski definition) is 5. The summed E-state index contributed by atoms with van der Waals surface area (Å²) >= 11 is 0. The van der Waals surface area contributed by atoms with Crippen molar-refractivity contribution in [1.82, 2.24) is 0 Å². The molecule has 0 fully saturated rings. The zero-order chi connectivity index (χ0) is 13.5. The molecule has 0 N–H and O–H groups in total. The van der Waals surface area contributed by atoms with E-state index >= 15 is 0 Å². The maximum absolute atomic E-state index is 11.6. The largest absolute Gasteiger partial charge is 0.462 e. The second kappa shape index (κ2) is 6.54. The molecular formula is C13H14O5. The molecule has 0 aliphatic heterocycles. The summed E-state index contributed by atoms with van der Waals surface area (Å²) in [5, 5.41) is 0. The van der Waals surface area contributed by atoms with Gasteiger partial charge < -0.3 is 9.47 Å².